The van der Waals surface area contributed by atoms with E-state index in [4.69, 9.17) is 0 Å². The highest BCUT2D eigenvalue weighted by atomic mass is 16.2. The minimum absolute atomic E-state index is 0.230. The number of hydrogen-bond donors (Lipinski definition) is 1. The van der Waals surface area contributed by atoms with Crippen LogP contribution in [0.25, 0.3) is 10.8 Å². The zero-order chi connectivity index (χ0) is 13.9. The van der Waals surface area contributed by atoms with E-state index in [-0.39, 0.29) is 5.91 Å². The van der Waals surface area contributed by atoms with E-state index in [0.29, 0.717) is 12.5 Å². The van der Waals surface area contributed by atoms with Crippen LogP contribution in [0, 0.1) is 0 Å². The van der Waals surface area contributed by atoms with E-state index in [1.165, 1.54) is 10.8 Å². The van der Waals surface area contributed by atoms with Gasteiger partial charge in [0, 0.05) is 25.7 Å². The Kier molecular flexibility index (Phi) is 3.70. The van der Waals surface area contributed by atoms with Crippen molar-refractivity contribution in [3.8, 4) is 0 Å². The zero-order valence-electron chi connectivity index (χ0n) is 11.8. The molecule has 1 aliphatic heterocycles. The molecule has 0 saturated carbocycles. The van der Waals surface area contributed by atoms with Crippen LogP contribution in [0.5, 0.6) is 0 Å². The Morgan fingerprint density at radius 2 is 2.05 bits per heavy atom. The first-order chi connectivity index (χ1) is 9.72. The van der Waals surface area contributed by atoms with Crippen LogP contribution in [-0.4, -0.2) is 36.5 Å². The number of benzene rings is 2. The van der Waals surface area contributed by atoms with Crippen molar-refractivity contribution in [3.05, 3.63) is 48.0 Å². The summed E-state index contributed by atoms with van der Waals surface area (Å²) in [6.45, 7) is 4.64. The van der Waals surface area contributed by atoms with Crippen LogP contribution >= 0.6 is 0 Å². The van der Waals surface area contributed by atoms with Gasteiger partial charge in [-0.25, -0.2) is 0 Å². The van der Waals surface area contributed by atoms with Crippen molar-refractivity contribution in [1.82, 2.24) is 10.2 Å². The van der Waals surface area contributed by atoms with Crippen molar-refractivity contribution in [2.24, 2.45) is 0 Å². The molecule has 3 heteroatoms. The fourth-order valence-corrected chi connectivity index (χ4v) is 2.79. The average Bonchev–Trinajstić information content (AvgIpc) is 2.47. The first kappa shape index (κ1) is 13.1. The molecule has 1 saturated heterocycles. The van der Waals surface area contributed by atoms with Gasteiger partial charge in [-0.3, -0.25) is 4.79 Å². The summed E-state index contributed by atoms with van der Waals surface area (Å²) in [5.41, 5.74) is 1.10. The third-order valence-corrected chi connectivity index (χ3v) is 3.89. The Morgan fingerprint density at radius 1 is 1.25 bits per heavy atom. The zero-order valence-corrected chi connectivity index (χ0v) is 11.8. The molecule has 0 radical (unpaired) electrons. The van der Waals surface area contributed by atoms with Gasteiger partial charge in [-0.2, -0.15) is 0 Å². The lowest BCUT2D eigenvalue weighted by Gasteiger charge is -2.32. The number of carbonyl (C=O) groups is 1. The second-order valence-corrected chi connectivity index (χ2v) is 5.55. The molecule has 20 heavy (non-hydrogen) atoms. The summed E-state index contributed by atoms with van der Waals surface area (Å²) in [5.74, 6) is 0.230. The largest absolute Gasteiger partial charge is 0.340 e. The molecule has 2 aromatic carbocycles. The van der Waals surface area contributed by atoms with Gasteiger partial charge in [0.2, 0.25) is 5.91 Å². The van der Waals surface area contributed by atoms with Crippen LogP contribution in [0.2, 0.25) is 0 Å². The second kappa shape index (κ2) is 5.63. The van der Waals surface area contributed by atoms with E-state index in [2.05, 4.69) is 42.6 Å². The molecule has 0 spiro atoms. The Balaban J connectivity index is 1.73. The maximum Gasteiger partial charge on any atom is 0.227 e. The first-order valence-electron chi connectivity index (χ1n) is 7.21. The summed E-state index contributed by atoms with van der Waals surface area (Å²) in [6, 6.07) is 14.9. The van der Waals surface area contributed by atoms with E-state index < -0.39 is 0 Å². The predicted molar refractivity (Wildman–Crippen MR) is 81.7 cm³/mol. The van der Waals surface area contributed by atoms with Gasteiger partial charge in [-0.1, -0.05) is 42.5 Å². The standard InChI is InChI=1S/C17H20N2O/c1-13-12-19(9-8-18-13)17(20)11-14-6-7-15-4-2-3-5-16(15)10-14/h2-7,10,13,18H,8-9,11-12H2,1H3/t13-/m1/s1. The van der Waals surface area contributed by atoms with Crippen molar-refractivity contribution in [2.45, 2.75) is 19.4 Å². The van der Waals surface area contributed by atoms with Crippen molar-refractivity contribution in [3.63, 3.8) is 0 Å². The Morgan fingerprint density at radius 3 is 2.85 bits per heavy atom. The SMILES string of the molecule is C[C@@H]1CN(C(=O)Cc2ccc3ccccc3c2)CCN1. The molecule has 1 N–H and O–H groups in total. The minimum Gasteiger partial charge on any atom is -0.340 e. The van der Waals surface area contributed by atoms with Crippen LogP contribution < -0.4 is 5.32 Å². The molecule has 3 nitrogen and oxygen atoms in total. The minimum atomic E-state index is 0.230. The van der Waals surface area contributed by atoms with Crippen molar-refractivity contribution < 1.29 is 4.79 Å². The summed E-state index contributed by atoms with van der Waals surface area (Å²) in [5, 5.41) is 5.78. The van der Waals surface area contributed by atoms with Gasteiger partial charge in [-0.15, -0.1) is 0 Å². The summed E-state index contributed by atoms with van der Waals surface area (Å²) in [6.07, 6.45) is 0.498. The number of piperazine rings is 1. The average molecular weight is 268 g/mol. The number of carbonyl (C=O) groups excluding carboxylic acids is 1. The molecule has 3 rings (SSSR count). The fraction of sp³-hybridized carbons (Fsp3) is 0.353. The lowest BCUT2D eigenvalue weighted by Crippen LogP contribution is -2.51. The van der Waals surface area contributed by atoms with E-state index in [1.807, 2.05) is 17.0 Å². The fourth-order valence-electron chi connectivity index (χ4n) is 2.79. The van der Waals surface area contributed by atoms with Crippen LogP contribution in [-0.2, 0) is 11.2 Å². The highest BCUT2D eigenvalue weighted by molar-refractivity contribution is 5.85. The Hall–Kier alpha value is -1.87. The summed E-state index contributed by atoms with van der Waals surface area (Å²) in [4.78, 5) is 14.3. The smallest absolute Gasteiger partial charge is 0.227 e. The number of nitrogens with zero attached hydrogens (tertiary/aromatic N) is 1. The molecule has 0 unspecified atom stereocenters. The van der Waals surface area contributed by atoms with Crippen LogP contribution in [0.4, 0.5) is 0 Å². The van der Waals surface area contributed by atoms with Crippen LogP contribution in [0.15, 0.2) is 42.5 Å². The monoisotopic (exact) mass is 268 g/mol. The molecule has 2 aromatic rings. The van der Waals surface area contributed by atoms with Gasteiger partial charge < -0.3 is 10.2 Å². The first-order valence-corrected chi connectivity index (χ1v) is 7.21. The number of nitrogens with one attached hydrogen (secondary N) is 1. The van der Waals surface area contributed by atoms with Crippen molar-refractivity contribution in [2.75, 3.05) is 19.6 Å². The van der Waals surface area contributed by atoms with Gasteiger partial charge in [0.15, 0.2) is 0 Å². The van der Waals surface area contributed by atoms with Crippen molar-refractivity contribution in [1.29, 1.82) is 0 Å². The molecule has 0 aliphatic carbocycles. The van der Waals surface area contributed by atoms with Crippen molar-refractivity contribution >= 4 is 16.7 Å². The third-order valence-electron chi connectivity index (χ3n) is 3.89. The lowest BCUT2D eigenvalue weighted by molar-refractivity contribution is -0.131. The number of amides is 1. The maximum atomic E-state index is 12.3. The van der Waals surface area contributed by atoms with Gasteiger partial charge in [0.05, 0.1) is 6.42 Å². The van der Waals surface area contributed by atoms with Gasteiger partial charge in [-0.05, 0) is 23.3 Å². The molecule has 1 aliphatic rings. The Bertz CT molecular complexity index is 623. The summed E-state index contributed by atoms with van der Waals surface area (Å²) < 4.78 is 0. The highest BCUT2D eigenvalue weighted by Gasteiger charge is 2.20. The number of fused-ring (bicyclic) bond motifs is 1. The number of rotatable bonds is 2. The van der Waals surface area contributed by atoms with E-state index in [1.54, 1.807) is 0 Å². The third kappa shape index (κ3) is 2.83. The summed E-state index contributed by atoms with van der Waals surface area (Å²) >= 11 is 0. The molecule has 0 aromatic heterocycles. The Labute approximate surface area is 119 Å². The molecule has 1 heterocycles. The molecule has 1 fully saturated rings. The molecular weight excluding hydrogens is 248 g/mol. The van der Waals surface area contributed by atoms with Crippen LogP contribution in [0.1, 0.15) is 12.5 Å². The van der Waals surface area contributed by atoms with E-state index in [0.717, 1.165) is 25.2 Å². The molecule has 1 atom stereocenters. The lowest BCUT2D eigenvalue weighted by atomic mass is 10.0. The van der Waals surface area contributed by atoms with E-state index in [9.17, 15) is 4.79 Å². The van der Waals surface area contributed by atoms with Crippen LogP contribution in [0.3, 0.4) is 0 Å². The summed E-state index contributed by atoms with van der Waals surface area (Å²) in [7, 11) is 0. The molecule has 0 bridgehead atoms. The number of hydrogen-bond acceptors (Lipinski definition) is 2. The van der Waals surface area contributed by atoms with E-state index >= 15 is 0 Å². The molecule has 1 amide bonds. The quantitative estimate of drug-likeness (QED) is 0.905. The second-order valence-electron chi connectivity index (χ2n) is 5.55. The van der Waals surface area contributed by atoms with Gasteiger partial charge >= 0.3 is 0 Å². The normalized spacial score (nSPS) is 19.2. The maximum absolute atomic E-state index is 12.3. The topological polar surface area (TPSA) is 32.3 Å². The molecule has 104 valence electrons. The molecular formula is C17H20N2O. The highest BCUT2D eigenvalue weighted by Crippen LogP contribution is 2.16. The predicted octanol–water partition coefficient (Wildman–Crippen LogP) is 2.20. The van der Waals surface area contributed by atoms with Gasteiger partial charge in [0.1, 0.15) is 0 Å². The van der Waals surface area contributed by atoms with Gasteiger partial charge in [0.25, 0.3) is 0 Å².